The molecule has 7 heteroatoms. The summed E-state index contributed by atoms with van der Waals surface area (Å²) in [6, 6.07) is -0.856. The van der Waals surface area contributed by atoms with Crippen molar-refractivity contribution in [2.45, 2.75) is 33.7 Å². The minimum atomic E-state index is -3.64. The fourth-order valence-corrected chi connectivity index (χ4v) is 2.90. The fraction of sp³-hybridized carbons (Fsp3) is 0.900. The van der Waals surface area contributed by atoms with Crippen LogP contribution in [0.25, 0.3) is 0 Å². The highest BCUT2D eigenvalue weighted by Crippen LogP contribution is 2.07. The van der Waals surface area contributed by atoms with Gasteiger partial charge in [-0.05, 0) is 5.92 Å². The molecule has 102 valence electrons. The van der Waals surface area contributed by atoms with E-state index in [1.54, 1.807) is 27.7 Å². The third-order valence-electron chi connectivity index (χ3n) is 2.44. The van der Waals surface area contributed by atoms with Gasteiger partial charge in [0.1, 0.15) is 6.04 Å². The fourth-order valence-electron chi connectivity index (χ4n) is 1.38. The largest absolute Gasteiger partial charge is 0.468 e. The summed E-state index contributed by atoms with van der Waals surface area (Å²) in [4.78, 5) is 11.5. The van der Waals surface area contributed by atoms with E-state index >= 15 is 0 Å². The maximum Gasteiger partial charge on any atom is 0.324 e. The van der Waals surface area contributed by atoms with Crippen LogP contribution in [-0.2, 0) is 19.7 Å². The number of esters is 1. The summed E-state index contributed by atoms with van der Waals surface area (Å²) in [6.45, 7) is 7.71. The van der Waals surface area contributed by atoms with E-state index in [1.807, 2.05) is 0 Å². The summed E-state index contributed by atoms with van der Waals surface area (Å²) < 4.78 is 32.1. The van der Waals surface area contributed by atoms with Crippen LogP contribution in [0.2, 0.25) is 0 Å². The summed E-state index contributed by atoms with van der Waals surface area (Å²) in [5.41, 5.74) is 0. The van der Waals surface area contributed by atoms with Gasteiger partial charge in [-0.15, -0.1) is 0 Å². The van der Waals surface area contributed by atoms with Crippen LogP contribution in [0.4, 0.5) is 0 Å². The molecule has 0 spiro atoms. The van der Waals surface area contributed by atoms with Crippen LogP contribution in [0.1, 0.15) is 27.7 Å². The number of rotatable bonds is 7. The van der Waals surface area contributed by atoms with E-state index in [1.165, 1.54) is 11.4 Å². The SMILES string of the molecule is CCN(CC)S(=O)(=O)NC(C(=O)OC)C(C)C. The maximum atomic E-state index is 11.9. The maximum absolute atomic E-state index is 11.9. The minimum Gasteiger partial charge on any atom is -0.468 e. The molecule has 0 saturated carbocycles. The number of carbonyl (C=O) groups excluding carboxylic acids is 1. The predicted octanol–water partition coefficient (Wildman–Crippen LogP) is 0.360. The first kappa shape index (κ1) is 16.3. The number of nitrogens with zero attached hydrogens (tertiary/aromatic N) is 1. The van der Waals surface area contributed by atoms with Crippen molar-refractivity contribution < 1.29 is 17.9 Å². The smallest absolute Gasteiger partial charge is 0.324 e. The van der Waals surface area contributed by atoms with Gasteiger partial charge < -0.3 is 4.74 Å². The second kappa shape index (κ2) is 6.93. The lowest BCUT2D eigenvalue weighted by atomic mass is 10.1. The van der Waals surface area contributed by atoms with Gasteiger partial charge in [-0.25, -0.2) is 0 Å². The van der Waals surface area contributed by atoms with E-state index in [4.69, 9.17) is 0 Å². The summed E-state index contributed by atoms with van der Waals surface area (Å²) >= 11 is 0. The first-order chi connectivity index (χ1) is 7.80. The van der Waals surface area contributed by atoms with Gasteiger partial charge in [0, 0.05) is 13.1 Å². The lowest BCUT2D eigenvalue weighted by molar-refractivity contribution is -0.143. The number of hydrogen-bond donors (Lipinski definition) is 1. The van der Waals surface area contributed by atoms with E-state index in [-0.39, 0.29) is 5.92 Å². The Labute approximate surface area is 104 Å². The van der Waals surface area contributed by atoms with Gasteiger partial charge >= 0.3 is 5.97 Å². The number of methoxy groups -OCH3 is 1. The van der Waals surface area contributed by atoms with Crippen molar-refractivity contribution in [2.75, 3.05) is 20.2 Å². The third-order valence-corrected chi connectivity index (χ3v) is 4.19. The zero-order chi connectivity index (χ0) is 13.6. The molecule has 1 N–H and O–H groups in total. The number of ether oxygens (including phenoxy) is 1. The van der Waals surface area contributed by atoms with Crippen LogP contribution >= 0.6 is 0 Å². The molecule has 0 radical (unpaired) electrons. The molecule has 1 atom stereocenters. The average Bonchev–Trinajstić information content (AvgIpc) is 2.25. The molecule has 0 amide bonds. The van der Waals surface area contributed by atoms with Crippen molar-refractivity contribution >= 4 is 16.2 Å². The van der Waals surface area contributed by atoms with Crippen LogP contribution in [0.3, 0.4) is 0 Å². The Kier molecular flexibility index (Phi) is 6.66. The Hall–Kier alpha value is -0.660. The van der Waals surface area contributed by atoms with Gasteiger partial charge in [0.15, 0.2) is 0 Å². The molecule has 0 fully saturated rings. The Morgan fingerprint density at radius 3 is 2.06 bits per heavy atom. The quantitative estimate of drug-likeness (QED) is 0.675. The highest BCUT2D eigenvalue weighted by Gasteiger charge is 2.30. The molecule has 0 aliphatic rings. The molecule has 6 nitrogen and oxygen atoms in total. The third kappa shape index (κ3) is 4.61. The minimum absolute atomic E-state index is 0.173. The molecular weight excluding hydrogens is 244 g/mol. The highest BCUT2D eigenvalue weighted by atomic mass is 32.2. The van der Waals surface area contributed by atoms with Gasteiger partial charge in [0.2, 0.25) is 0 Å². The molecule has 0 aliphatic carbocycles. The predicted molar refractivity (Wildman–Crippen MR) is 65.6 cm³/mol. The Bertz CT molecular complexity index is 336. The molecule has 1 unspecified atom stereocenters. The standard InChI is InChI=1S/C10H22N2O4S/c1-6-12(7-2)17(14,15)11-9(8(3)4)10(13)16-5/h8-9,11H,6-7H2,1-5H3. The van der Waals surface area contributed by atoms with E-state index in [0.29, 0.717) is 13.1 Å². The molecule has 0 bridgehead atoms. The van der Waals surface area contributed by atoms with Crippen molar-refractivity contribution in [3.63, 3.8) is 0 Å². The van der Waals surface area contributed by atoms with Crippen molar-refractivity contribution in [1.82, 2.24) is 9.03 Å². The number of carbonyl (C=O) groups is 1. The number of hydrogen-bond acceptors (Lipinski definition) is 4. The van der Waals surface area contributed by atoms with Gasteiger partial charge in [-0.2, -0.15) is 17.4 Å². The van der Waals surface area contributed by atoms with Gasteiger partial charge in [-0.1, -0.05) is 27.7 Å². The van der Waals surface area contributed by atoms with Crippen molar-refractivity contribution in [2.24, 2.45) is 5.92 Å². The van der Waals surface area contributed by atoms with Crippen LogP contribution < -0.4 is 4.72 Å². The Balaban J connectivity index is 4.93. The Morgan fingerprint density at radius 2 is 1.76 bits per heavy atom. The topological polar surface area (TPSA) is 75.7 Å². The molecular formula is C10H22N2O4S. The van der Waals surface area contributed by atoms with Crippen LogP contribution in [0, 0.1) is 5.92 Å². The summed E-state index contributed by atoms with van der Waals surface area (Å²) in [5.74, 6) is -0.747. The van der Waals surface area contributed by atoms with E-state index in [0.717, 1.165) is 0 Å². The van der Waals surface area contributed by atoms with E-state index in [9.17, 15) is 13.2 Å². The van der Waals surface area contributed by atoms with E-state index < -0.39 is 22.2 Å². The molecule has 0 aromatic rings. The van der Waals surface area contributed by atoms with Crippen molar-refractivity contribution in [1.29, 1.82) is 0 Å². The van der Waals surface area contributed by atoms with Gasteiger partial charge in [0.25, 0.3) is 10.2 Å². The van der Waals surface area contributed by atoms with Crippen molar-refractivity contribution in [3.05, 3.63) is 0 Å². The van der Waals surface area contributed by atoms with Gasteiger partial charge in [0.05, 0.1) is 7.11 Å². The first-order valence-electron chi connectivity index (χ1n) is 5.65. The molecule has 0 aromatic carbocycles. The molecule has 0 heterocycles. The molecule has 0 aromatic heterocycles. The summed E-state index contributed by atoms with van der Waals surface area (Å²) in [7, 11) is -2.40. The first-order valence-corrected chi connectivity index (χ1v) is 7.09. The second-order valence-corrected chi connectivity index (χ2v) is 5.65. The van der Waals surface area contributed by atoms with Crippen molar-refractivity contribution in [3.8, 4) is 0 Å². The zero-order valence-electron chi connectivity index (χ0n) is 11.1. The zero-order valence-corrected chi connectivity index (χ0v) is 11.9. The highest BCUT2D eigenvalue weighted by molar-refractivity contribution is 7.87. The summed E-state index contributed by atoms with van der Waals surface area (Å²) in [6.07, 6.45) is 0. The van der Waals surface area contributed by atoms with Crippen LogP contribution in [-0.4, -0.2) is 44.9 Å². The van der Waals surface area contributed by atoms with Crippen LogP contribution in [0.15, 0.2) is 0 Å². The molecule has 17 heavy (non-hydrogen) atoms. The van der Waals surface area contributed by atoms with Gasteiger partial charge in [-0.3, -0.25) is 4.79 Å². The Morgan fingerprint density at radius 1 is 1.29 bits per heavy atom. The molecule has 0 aliphatic heterocycles. The molecule has 0 saturated heterocycles. The number of nitrogens with one attached hydrogen (secondary N) is 1. The van der Waals surface area contributed by atoms with Crippen LogP contribution in [0.5, 0.6) is 0 Å². The monoisotopic (exact) mass is 266 g/mol. The normalized spacial score (nSPS) is 14.1. The lowest BCUT2D eigenvalue weighted by Crippen LogP contribution is -2.50. The van der Waals surface area contributed by atoms with E-state index in [2.05, 4.69) is 9.46 Å². The summed E-state index contributed by atoms with van der Waals surface area (Å²) in [5, 5.41) is 0. The average molecular weight is 266 g/mol. The molecule has 0 rings (SSSR count). The lowest BCUT2D eigenvalue weighted by Gasteiger charge is -2.24. The second-order valence-electron chi connectivity index (χ2n) is 3.95.